The van der Waals surface area contributed by atoms with Gasteiger partial charge in [0.25, 0.3) is 0 Å². The van der Waals surface area contributed by atoms with Crippen LogP contribution in [0.4, 0.5) is 0 Å². The minimum Gasteiger partial charge on any atom is -0.384 e. The lowest BCUT2D eigenvalue weighted by Crippen LogP contribution is -2.15. The first-order valence-corrected chi connectivity index (χ1v) is 6.26. The van der Waals surface area contributed by atoms with Crippen LogP contribution in [0.15, 0.2) is 30.5 Å². The zero-order chi connectivity index (χ0) is 13.2. The second kappa shape index (κ2) is 4.90. The highest BCUT2D eigenvalue weighted by molar-refractivity contribution is 5.40. The maximum atomic E-state index is 9.91. The Kier molecular flexibility index (Phi) is 3.48. The number of aryl methyl sites for hydroxylation is 1. The van der Waals surface area contributed by atoms with Gasteiger partial charge in [0.05, 0.1) is 11.9 Å². The summed E-state index contributed by atoms with van der Waals surface area (Å²) in [4.78, 5) is 0. The number of hydrogen-bond donors (Lipinski definition) is 1. The highest BCUT2D eigenvalue weighted by Crippen LogP contribution is 2.20. The number of nitrogens with zero attached hydrogens (tertiary/aromatic N) is 3. The van der Waals surface area contributed by atoms with Crippen LogP contribution in [0.25, 0.3) is 5.69 Å². The minimum absolute atomic E-state index is 0.578. The van der Waals surface area contributed by atoms with Crippen molar-refractivity contribution in [3.8, 4) is 5.69 Å². The predicted octanol–water partition coefficient (Wildman–Crippen LogP) is 2.45. The van der Waals surface area contributed by atoms with E-state index in [1.54, 1.807) is 24.7 Å². The first kappa shape index (κ1) is 12.8. The fourth-order valence-electron chi connectivity index (χ4n) is 1.88. The number of benzene rings is 1. The van der Waals surface area contributed by atoms with Crippen LogP contribution in [0.1, 0.15) is 38.4 Å². The molecule has 0 saturated carbocycles. The fourth-order valence-corrected chi connectivity index (χ4v) is 1.88. The predicted molar refractivity (Wildman–Crippen MR) is 70.6 cm³/mol. The average molecular weight is 245 g/mol. The highest BCUT2D eigenvalue weighted by atomic mass is 16.3. The summed E-state index contributed by atoms with van der Waals surface area (Å²) in [5, 5.41) is 18.0. The Morgan fingerprint density at radius 1 is 1.28 bits per heavy atom. The largest absolute Gasteiger partial charge is 0.384 e. The van der Waals surface area contributed by atoms with Gasteiger partial charge in [-0.15, -0.1) is 5.10 Å². The molecule has 2 aromatic rings. The molecule has 0 radical (unpaired) electrons. The van der Waals surface area contributed by atoms with Crippen molar-refractivity contribution < 1.29 is 5.11 Å². The molecule has 4 heteroatoms. The van der Waals surface area contributed by atoms with E-state index < -0.39 is 5.60 Å². The Labute approximate surface area is 107 Å². The molecule has 0 aliphatic carbocycles. The summed E-state index contributed by atoms with van der Waals surface area (Å²) in [6.07, 6.45) is 3.88. The third-order valence-electron chi connectivity index (χ3n) is 2.88. The van der Waals surface area contributed by atoms with E-state index in [2.05, 4.69) is 23.3 Å². The third-order valence-corrected chi connectivity index (χ3v) is 2.88. The quantitative estimate of drug-likeness (QED) is 0.900. The van der Waals surface area contributed by atoms with Crippen molar-refractivity contribution in [3.05, 3.63) is 41.7 Å². The maximum Gasteiger partial charge on any atom is 0.114 e. The van der Waals surface area contributed by atoms with E-state index in [0.29, 0.717) is 5.69 Å². The van der Waals surface area contributed by atoms with Crippen LogP contribution in [0, 0.1) is 0 Å². The lowest BCUT2D eigenvalue weighted by Gasteiger charge is -2.12. The van der Waals surface area contributed by atoms with E-state index in [9.17, 15) is 5.11 Å². The van der Waals surface area contributed by atoms with Crippen LogP contribution < -0.4 is 0 Å². The molecule has 1 aromatic heterocycles. The van der Waals surface area contributed by atoms with Gasteiger partial charge in [-0.1, -0.05) is 36.8 Å². The fraction of sp³-hybridized carbons (Fsp3) is 0.429. The van der Waals surface area contributed by atoms with Crippen molar-refractivity contribution in [2.75, 3.05) is 0 Å². The molecule has 0 fully saturated rings. The van der Waals surface area contributed by atoms with E-state index in [-0.39, 0.29) is 0 Å². The molecule has 0 aliphatic rings. The second-order valence-corrected chi connectivity index (χ2v) is 4.99. The Hall–Kier alpha value is -1.68. The van der Waals surface area contributed by atoms with Gasteiger partial charge >= 0.3 is 0 Å². The summed E-state index contributed by atoms with van der Waals surface area (Å²) >= 11 is 0. The van der Waals surface area contributed by atoms with Crippen LogP contribution in [0.2, 0.25) is 0 Å². The summed E-state index contributed by atoms with van der Waals surface area (Å²) in [6, 6.07) is 8.14. The number of aliphatic hydroxyl groups is 1. The monoisotopic (exact) mass is 245 g/mol. The number of rotatable bonds is 4. The average Bonchev–Trinajstić information content (AvgIpc) is 2.79. The molecule has 1 N–H and O–H groups in total. The zero-order valence-corrected chi connectivity index (χ0v) is 11.1. The minimum atomic E-state index is -0.960. The third kappa shape index (κ3) is 2.59. The number of hydrogen-bond acceptors (Lipinski definition) is 3. The van der Waals surface area contributed by atoms with Crippen molar-refractivity contribution in [2.24, 2.45) is 0 Å². The molecule has 1 heterocycles. The first-order valence-electron chi connectivity index (χ1n) is 6.26. The van der Waals surface area contributed by atoms with Crippen LogP contribution in [0.5, 0.6) is 0 Å². The summed E-state index contributed by atoms with van der Waals surface area (Å²) in [5.74, 6) is 0. The Morgan fingerprint density at radius 3 is 2.61 bits per heavy atom. The molecule has 0 spiro atoms. The topological polar surface area (TPSA) is 50.9 Å². The molecular formula is C14H19N3O. The Bertz CT molecular complexity index is 526. The normalized spacial score (nSPS) is 11.8. The van der Waals surface area contributed by atoms with Gasteiger partial charge in [0.15, 0.2) is 0 Å². The molecule has 4 nitrogen and oxygen atoms in total. The van der Waals surface area contributed by atoms with Gasteiger partial charge < -0.3 is 5.11 Å². The van der Waals surface area contributed by atoms with Crippen LogP contribution in [-0.4, -0.2) is 20.1 Å². The van der Waals surface area contributed by atoms with Gasteiger partial charge in [-0.3, -0.25) is 0 Å². The Balaban J connectivity index is 2.40. The lowest BCUT2D eigenvalue weighted by molar-refractivity contribution is 0.0737. The van der Waals surface area contributed by atoms with E-state index in [0.717, 1.165) is 18.5 Å². The van der Waals surface area contributed by atoms with Gasteiger partial charge in [0, 0.05) is 0 Å². The number of aromatic nitrogens is 3. The van der Waals surface area contributed by atoms with Crippen molar-refractivity contribution in [2.45, 2.75) is 39.2 Å². The van der Waals surface area contributed by atoms with Crippen molar-refractivity contribution in [1.29, 1.82) is 0 Å². The lowest BCUT2D eigenvalue weighted by atomic mass is 10.1. The van der Waals surface area contributed by atoms with Gasteiger partial charge in [-0.2, -0.15) is 0 Å². The van der Waals surface area contributed by atoms with Crippen molar-refractivity contribution in [1.82, 2.24) is 15.0 Å². The molecule has 1 aromatic carbocycles. The smallest absolute Gasteiger partial charge is 0.114 e. The SMILES string of the molecule is CCCc1ccccc1-n1cc(C(C)(C)O)nn1. The van der Waals surface area contributed by atoms with Crippen molar-refractivity contribution in [3.63, 3.8) is 0 Å². The van der Waals surface area contributed by atoms with Gasteiger partial charge in [0.1, 0.15) is 11.3 Å². The summed E-state index contributed by atoms with van der Waals surface area (Å²) in [6.45, 7) is 5.57. The molecule has 96 valence electrons. The van der Waals surface area contributed by atoms with Crippen LogP contribution in [-0.2, 0) is 12.0 Å². The number of para-hydroxylation sites is 1. The molecule has 2 rings (SSSR count). The molecule has 18 heavy (non-hydrogen) atoms. The second-order valence-electron chi connectivity index (χ2n) is 4.99. The highest BCUT2D eigenvalue weighted by Gasteiger charge is 2.20. The molecule has 0 bridgehead atoms. The molecule has 0 saturated heterocycles. The van der Waals surface area contributed by atoms with E-state index >= 15 is 0 Å². The van der Waals surface area contributed by atoms with Crippen molar-refractivity contribution >= 4 is 0 Å². The van der Waals surface area contributed by atoms with E-state index in [1.165, 1.54) is 5.56 Å². The zero-order valence-electron chi connectivity index (χ0n) is 11.1. The summed E-state index contributed by atoms with van der Waals surface area (Å²) < 4.78 is 1.73. The van der Waals surface area contributed by atoms with Crippen LogP contribution >= 0.6 is 0 Å². The maximum absolute atomic E-state index is 9.91. The molecular weight excluding hydrogens is 226 g/mol. The molecule has 0 atom stereocenters. The molecule has 0 unspecified atom stereocenters. The summed E-state index contributed by atoms with van der Waals surface area (Å²) in [7, 11) is 0. The van der Waals surface area contributed by atoms with Crippen LogP contribution in [0.3, 0.4) is 0 Å². The standard InChI is InChI=1S/C14H19N3O/c1-4-7-11-8-5-6-9-12(11)17-10-13(15-16-17)14(2,3)18/h5-6,8-10,18H,4,7H2,1-3H3. The van der Waals surface area contributed by atoms with Gasteiger partial charge in [0.2, 0.25) is 0 Å². The first-order chi connectivity index (χ1) is 8.52. The Morgan fingerprint density at radius 2 is 2.00 bits per heavy atom. The molecule has 0 amide bonds. The van der Waals surface area contributed by atoms with Gasteiger partial charge in [-0.05, 0) is 31.9 Å². The van der Waals surface area contributed by atoms with E-state index in [4.69, 9.17) is 0 Å². The van der Waals surface area contributed by atoms with Gasteiger partial charge in [-0.25, -0.2) is 4.68 Å². The van der Waals surface area contributed by atoms with E-state index in [1.807, 2.05) is 18.2 Å². The summed E-state index contributed by atoms with van der Waals surface area (Å²) in [5.41, 5.74) is 1.89. The molecule has 0 aliphatic heterocycles.